The van der Waals surface area contributed by atoms with Crippen LogP contribution < -0.4 is 16.5 Å². The van der Waals surface area contributed by atoms with Crippen LogP contribution in [0.15, 0.2) is 102 Å². The molecule has 212 valence electrons. The number of carbonyl (C=O) groups is 1. The Morgan fingerprint density at radius 3 is 2.24 bits per heavy atom. The molecule has 4 aromatic rings. The molecule has 8 nitrogen and oxygen atoms in total. The van der Waals surface area contributed by atoms with E-state index in [9.17, 15) is 26.4 Å². The zero-order valence-corrected chi connectivity index (χ0v) is 22.6. The monoisotopic (exact) mass is 581 g/mol. The van der Waals surface area contributed by atoms with E-state index in [2.05, 4.69) is 10.7 Å². The molecule has 2 amide bonds. The smallest absolute Gasteiger partial charge is 0.384 e. The zero-order chi connectivity index (χ0) is 29.8. The fourth-order valence-electron chi connectivity index (χ4n) is 4.06. The molecule has 0 aliphatic rings. The average Bonchev–Trinajstić information content (AvgIpc) is 2.92. The fraction of sp³-hybridized carbons (Fsp3) is 0.103. The summed E-state index contributed by atoms with van der Waals surface area (Å²) in [5, 5.41) is 11.5. The molecule has 0 spiro atoms. The van der Waals surface area contributed by atoms with E-state index in [-0.39, 0.29) is 22.8 Å². The van der Waals surface area contributed by atoms with E-state index in [1.54, 1.807) is 60.7 Å². The van der Waals surface area contributed by atoms with Crippen LogP contribution in [0.5, 0.6) is 0 Å². The second-order valence-corrected chi connectivity index (χ2v) is 11.2. The number of amidine groups is 1. The number of amides is 2. The third-order valence-electron chi connectivity index (χ3n) is 6.01. The third kappa shape index (κ3) is 7.42. The van der Waals surface area contributed by atoms with E-state index in [1.807, 2.05) is 0 Å². The molecule has 0 aliphatic carbocycles. The van der Waals surface area contributed by atoms with Crippen LogP contribution in [0.2, 0.25) is 0 Å². The van der Waals surface area contributed by atoms with Gasteiger partial charge >= 0.3 is 12.2 Å². The highest BCUT2D eigenvalue weighted by atomic mass is 32.2. The lowest BCUT2D eigenvalue weighted by Crippen LogP contribution is -2.39. The van der Waals surface area contributed by atoms with Crippen molar-refractivity contribution < 1.29 is 26.4 Å². The van der Waals surface area contributed by atoms with Crippen LogP contribution in [0, 0.1) is 5.41 Å². The van der Waals surface area contributed by atoms with Gasteiger partial charge in [0.1, 0.15) is 5.84 Å². The zero-order valence-electron chi connectivity index (χ0n) is 21.7. The Labute approximate surface area is 235 Å². The van der Waals surface area contributed by atoms with Crippen molar-refractivity contribution >= 4 is 33.1 Å². The van der Waals surface area contributed by atoms with E-state index in [0.29, 0.717) is 28.1 Å². The van der Waals surface area contributed by atoms with Gasteiger partial charge in [0.2, 0.25) is 0 Å². The SMILES string of the molecule is CS(=O)(=O)c1ccccc1-c1ccc(NC(=O)N(Cc2cccc(C(F)(F)F)c2)Nc2cccc(C(=N)N)c2)cc1. The minimum absolute atomic E-state index is 0.168. The van der Waals surface area contributed by atoms with Crippen molar-refractivity contribution in [3.05, 3.63) is 114 Å². The highest BCUT2D eigenvalue weighted by molar-refractivity contribution is 7.90. The third-order valence-corrected chi connectivity index (χ3v) is 7.17. The van der Waals surface area contributed by atoms with Gasteiger partial charge in [-0.3, -0.25) is 10.8 Å². The number of alkyl halides is 3. The first-order valence-corrected chi connectivity index (χ1v) is 14.1. The number of anilines is 2. The van der Waals surface area contributed by atoms with Crippen molar-refractivity contribution in [1.29, 1.82) is 5.41 Å². The number of nitrogen functional groups attached to an aromatic ring is 1. The number of halogens is 3. The first kappa shape index (κ1) is 29.2. The van der Waals surface area contributed by atoms with Crippen LogP contribution in [0.1, 0.15) is 16.7 Å². The summed E-state index contributed by atoms with van der Waals surface area (Å²) in [5.74, 6) is -0.194. The molecule has 0 unspecified atom stereocenters. The largest absolute Gasteiger partial charge is 0.416 e. The molecule has 41 heavy (non-hydrogen) atoms. The van der Waals surface area contributed by atoms with Gasteiger partial charge in [-0.2, -0.15) is 13.2 Å². The lowest BCUT2D eigenvalue weighted by Gasteiger charge is -2.25. The molecular weight excluding hydrogens is 555 g/mol. The minimum atomic E-state index is -4.55. The Bertz CT molecular complexity index is 1690. The maximum Gasteiger partial charge on any atom is 0.416 e. The maximum absolute atomic E-state index is 13.3. The second-order valence-electron chi connectivity index (χ2n) is 9.17. The van der Waals surface area contributed by atoms with E-state index < -0.39 is 27.6 Å². The predicted molar refractivity (Wildman–Crippen MR) is 152 cm³/mol. The molecule has 0 aromatic heterocycles. The number of benzene rings is 4. The first-order valence-electron chi connectivity index (χ1n) is 12.2. The summed E-state index contributed by atoms with van der Waals surface area (Å²) in [6.45, 7) is -0.236. The van der Waals surface area contributed by atoms with Gasteiger partial charge in [-0.1, -0.05) is 54.6 Å². The lowest BCUT2D eigenvalue weighted by molar-refractivity contribution is -0.137. The van der Waals surface area contributed by atoms with Crippen LogP contribution in [0.4, 0.5) is 29.3 Å². The Hall–Kier alpha value is -4.84. The molecule has 0 fully saturated rings. The number of hydrogen-bond donors (Lipinski definition) is 4. The Balaban J connectivity index is 1.60. The first-order chi connectivity index (χ1) is 19.3. The molecule has 0 saturated heterocycles. The molecule has 0 aliphatic heterocycles. The summed E-state index contributed by atoms with van der Waals surface area (Å²) in [5.41, 5.74) is 10.1. The van der Waals surface area contributed by atoms with Gasteiger partial charge in [-0.25, -0.2) is 18.2 Å². The topological polar surface area (TPSA) is 128 Å². The normalized spacial score (nSPS) is 11.5. The number of sulfone groups is 1. The van der Waals surface area contributed by atoms with E-state index >= 15 is 0 Å². The molecule has 0 saturated carbocycles. The van der Waals surface area contributed by atoms with Crippen LogP contribution in [0.3, 0.4) is 0 Å². The molecule has 0 radical (unpaired) electrons. The van der Waals surface area contributed by atoms with Gasteiger partial charge in [0.15, 0.2) is 9.84 Å². The molecule has 0 bridgehead atoms. The number of hydrazine groups is 1. The molecule has 0 heterocycles. The molecule has 5 N–H and O–H groups in total. The number of nitrogens with two attached hydrogens (primary N) is 1. The summed E-state index contributed by atoms with van der Waals surface area (Å²) in [7, 11) is -3.48. The minimum Gasteiger partial charge on any atom is -0.384 e. The number of urea groups is 1. The molecule has 4 aromatic carbocycles. The number of nitrogens with zero attached hydrogens (tertiary/aromatic N) is 1. The maximum atomic E-state index is 13.3. The number of hydrogen-bond acceptors (Lipinski definition) is 5. The van der Waals surface area contributed by atoms with E-state index in [4.69, 9.17) is 11.1 Å². The van der Waals surface area contributed by atoms with E-state index in [1.165, 1.54) is 24.3 Å². The molecular formula is C29H26F3N5O3S. The summed E-state index contributed by atoms with van der Waals surface area (Å²) >= 11 is 0. The van der Waals surface area contributed by atoms with Gasteiger partial charge in [-0.05, 0) is 53.6 Å². The summed E-state index contributed by atoms with van der Waals surface area (Å²) in [6, 6.07) is 23.4. The number of nitrogens with one attached hydrogen (secondary N) is 3. The fourth-order valence-corrected chi connectivity index (χ4v) is 4.97. The van der Waals surface area contributed by atoms with Crippen LogP contribution in [-0.2, 0) is 22.6 Å². The second kappa shape index (κ2) is 11.7. The van der Waals surface area contributed by atoms with Crippen molar-refractivity contribution in [3.8, 4) is 11.1 Å². The van der Waals surface area contributed by atoms with Gasteiger partial charge in [0.25, 0.3) is 0 Å². The Morgan fingerprint density at radius 2 is 1.59 bits per heavy atom. The van der Waals surface area contributed by atoms with Crippen LogP contribution in [-0.4, -0.2) is 31.5 Å². The highest BCUT2D eigenvalue weighted by Gasteiger charge is 2.30. The van der Waals surface area contributed by atoms with Crippen molar-refractivity contribution in [2.75, 3.05) is 17.0 Å². The number of rotatable bonds is 8. The Morgan fingerprint density at radius 1 is 0.902 bits per heavy atom. The lowest BCUT2D eigenvalue weighted by atomic mass is 10.1. The van der Waals surface area contributed by atoms with Gasteiger partial charge < -0.3 is 11.1 Å². The quantitative estimate of drug-likeness (QED) is 0.113. The van der Waals surface area contributed by atoms with Crippen molar-refractivity contribution in [1.82, 2.24) is 5.01 Å². The summed E-state index contributed by atoms with van der Waals surface area (Å²) < 4.78 is 64.3. The molecule has 12 heteroatoms. The van der Waals surface area contributed by atoms with Crippen LogP contribution >= 0.6 is 0 Å². The van der Waals surface area contributed by atoms with Crippen molar-refractivity contribution in [3.63, 3.8) is 0 Å². The highest BCUT2D eigenvalue weighted by Crippen LogP contribution is 2.30. The van der Waals surface area contributed by atoms with Gasteiger partial charge in [0, 0.05) is 23.1 Å². The van der Waals surface area contributed by atoms with E-state index in [0.717, 1.165) is 23.4 Å². The molecule has 0 atom stereocenters. The van der Waals surface area contributed by atoms with Gasteiger partial charge in [-0.15, -0.1) is 0 Å². The van der Waals surface area contributed by atoms with Crippen molar-refractivity contribution in [2.24, 2.45) is 5.73 Å². The van der Waals surface area contributed by atoms with Gasteiger partial charge in [0.05, 0.1) is 22.7 Å². The summed E-state index contributed by atoms with van der Waals surface area (Å²) in [6.07, 6.45) is -3.43. The summed E-state index contributed by atoms with van der Waals surface area (Å²) in [4.78, 5) is 13.5. The standard InChI is InChI=1S/C29H26F3N5O3S/c1-41(39,40)26-11-3-2-10-25(26)20-12-14-23(15-13-20)35-28(38)37(36-24-9-5-7-21(17-24)27(33)34)18-19-6-4-8-22(16-19)29(30,31)32/h2-17,36H,18H2,1H3,(H3,33,34)(H,35,38). The van der Waals surface area contributed by atoms with Crippen LogP contribution in [0.25, 0.3) is 11.1 Å². The molecule has 4 rings (SSSR count). The Kier molecular flexibility index (Phi) is 8.33. The van der Waals surface area contributed by atoms with Crippen molar-refractivity contribution in [2.45, 2.75) is 17.6 Å². The average molecular weight is 582 g/mol. The predicted octanol–water partition coefficient (Wildman–Crippen LogP) is 6.12. The number of carbonyl (C=O) groups excluding carboxylic acids is 1.